The first-order chi connectivity index (χ1) is 11.0. The molecule has 24 heavy (non-hydrogen) atoms. The highest BCUT2D eigenvalue weighted by Crippen LogP contribution is 2.34. The summed E-state index contributed by atoms with van der Waals surface area (Å²) in [5, 5.41) is 0. The Labute approximate surface area is 151 Å². The van der Waals surface area contributed by atoms with Gasteiger partial charge in [-0.15, -0.1) is 12.4 Å². The molecule has 2 fully saturated rings. The third-order valence-electron chi connectivity index (χ3n) is 5.33. The van der Waals surface area contributed by atoms with Gasteiger partial charge < -0.3 is 5.73 Å². The molecule has 2 aliphatic rings. The van der Waals surface area contributed by atoms with E-state index in [0.717, 1.165) is 12.8 Å². The monoisotopic (exact) mass is 373 g/mol. The quantitative estimate of drug-likeness (QED) is 0.878. The van der Waals surface area contributed by atoms with E-state index in [1.165, 1.54) is 5.56 Å². The second kappa shape index (κ2) is 8.15. The lowest BCUT2D eigenvalue weighted by atomic mass is 9.89. The first kappa shape index (κ1) is 19.7. The van der Waals surface area contributed by atoms with E-state index in [0.29, 0.717) is 38.6 Å². The standard InChI is InChI=1S/C17H27N3O2S.ClH/c1-14-7-9-19(10-8-14)23(21,22)20-12-16(11-18)17(13-20)15-5-3-2-4-6-15;/h2-6,14,16-17H,7-13,18H2,1H3;1H/t16-,17+;/m1./s1. The second-order valence-corrected chi connectivity index (χ2v) is 8.85. The van der Waals surface area contributed by atoms with Crippen molar-refractivity contribution in [3.05, 3.63) is 35.9 Å². The summed E-state index contributed by atoms with van der Waals surface area (Å²) < 4.78 is 29.2. The molecule has 0 saturated carbocycles. The molecule has 2 atom stereocenters. The minimum Gasteiger partial charge on any atom is -0.330 e. The molecule has 7 heteroatoms. The van der Waals surface area contributed by atoms with Gasteiger partial charge in [0, 0.05) is 32.1 Å². The smallest absolute Gasteiger partial charge is 0.282 e. The molecule has 3 rings (SSSR count). The van der Waals surface area contributed by atoms with Crippen molar-refractivity contribution in [3.63, 3.8) is 0 Å². The van der Waals surface area contributed by atoms with Crippen LogP contribution < -0.4 is 5.73 Å². The number of piperidine rings is 1. The van der Waals surface area contributed by atoms with Gasteiger partial charge >= 0.3 is 0 Å². The number of benzene rings is 1. The largest absolute Gasteiger partial charge is 0.330 e. The van der Waals surface area contributed by atoms with Crippen molar-refractivity contribution < 1.29 is 8.42 Å². The predicted octanol–water partition coefficient (Wildman–Crippen LogP) is 2.06. The van der Waals surface area contributed by atoms with Gasteiger partial charge in [0.2, 0.25) is 0 Å². The molecule has 1 aromatic rings. The van der Waals surface area contributed by atoms with Crippen LogP contribution in [0.1, 0.15) is 31.2 Å². The average Bonchev–Trinajstić information content (AvgIpc) is 3.01. The van der Waals surface area contributed by atoms with Crippen molar-refractivity contribution in [1.82, 2.24) is 8.61 Å². The Balaban J connectivity index is 0.00000208. The molecule has 2 heterocycles. The van der Waals surface area contributed by atoms with Crippen molar-refractivity contribution in [2.24, 2.45) is 17.6 Å². The minimum atomic E-state index is -3.36. The van der Waals surface area contributed by atoms with Gasteiger partial charge in [-0.2, -0.15) is 17.0 Å². The maximum Gasteiger partial charge on any atom is 0.282 e. The van der Waals surface area contributed by atoms with E-state index in [2.05, 4.69) is 19.1 Å². The molecule has 2 aliphatic heterocycles. The molecule has 0 amide bonds. The average molecular weight is 374 g/mol. The van der Waals surface area contributed by atoms with Gasteiger partial charge in [0.15, 0.2) is 0 Å². The molecule has 5 nitrogen and oxygen atoms in total. The molecule has 0 unspecified atom stereocenters. The van der Waals surface area contributed by atoms with Crippen LogP contribution in [0.3, 0.4) is 0 Å². The summed E-state index contributed by atoms with van der Waals surface area (Å²) in [5.74, 6) is 1.00. The van der Waals surface area contributed by atoms with Crippen molar-refractivity contribution in [2.45, 2.75) is 25.7 Å². The van der Waals surface area contributed by atoms with E-state index < -0.39 is 10.2 Å². The molecule has 1 aromatic carbocycles. The number of rotatable bonds is 4. The molecular weight excluding hydrogens is 346 g/mol. The Morgan fingerprint density at radius 2 is 1.71 bits per heavy atom. The number of nitrogens with zero attached hydrogens (tertiary/aromatic N) is 2. The number of halogens is 1. The third kappa shape index (κ3) is 3.94. The Morgan fingerprint density at radius 3 is 2.29 bits per heavy atom. The van der Waals surface area contributed by atoms with Crippen molar-refractivity contribution in [2.75, 3.05) is 32.7 Å². The van der Waals surface area contributed by atoms with E-state index in [1.807, 2.05) is 18.2 Å². The Hall–Kier alpha value is -0.660. The zero-order valence-electron chi connectivity index (χ0n) is 14.2. The van der Waals surface area contributed by atoms with Crippen LogP contribution in [0.5, 0.6) is 0 Å². The Kier molecular flexibility index (Phi) is 6.67. The fourth-order valence-electron chi connectivity index (χ4n) is 3.72. The summed E-state index contributed by atoms with van der Waals surface area (Å²) in [6.45, 7) is 5.07. The summed E-state index contributed by atoms with van der Waals surface area (Å²) in [4.78, 5) is 0. The van der Waals surface area contributed by atoms with E-state index in [-0.39, 0.29) is 24.2 Å². The molecule has 136 valence electrons. The minimum absolute atomic E-state index is 0. The highest BCUT2D eigenvalue weighted by molar-refractivity contribution is 7.86. The Morgan fingerprint density at radius 1 is 1.08 bits per heavy atom. The van der Waals surface area contributed by atoms with E-state index in [1.54, 1.807) is 8.61 Å². The molecule has 0 aliphatic carbocycles. The maximum atomic E-state index is 12.9. The van der Waals surface area contributed by atoms with Gasteiger partial charge in [0.05, 0.1) is 0 Å². The molecular formula is C17H28ClN3O2S. The van der Waals surface area contributed by atoms with Gasteiger partial charge in [-0.1, -0.05) is 37.3 Å². The van der Waals surface area contributed by atoms with Crippen molar-refractivity contribution in [1.29, 1.82) is 0 Å². The van der Waals surface area contributed by atoms with Gasteiger partial charge in [-0.25, -0.2) is 0 Å². The van der Waals surface area contributed by atoms with E-state index in [9.17, 15) is 8.42 Å². The third-order valence-corrected chi connectivity index (χ3v) is 7.30. The predicted molar refractivity (Wildman–Crippen MR) is 99.4 cm³/mol. The zero-order chi connectivity index (χ0) is 16.4. The topological polar surface area (TPSA) is 66.6 Å². The second-order valence-electron chi connectivity index (χ2n) is 6.92. The lowest BCUT2D eigenvalue weighted by Gasteiger charge is -2.32. The summed E-state index contributed by atoms with van der Waals surface area (Å²) in [6, 6.07) is 10.1. The van der Waals surface area contributed by atoms with Crippen LogP contribution in [-0.4, -0.2) is 49.8 Å². The number of nitrogens with two attached hydrogens (primary N) is 1. The van der Waals surface area contributed by atoms with E-state index in [4.69, 9.17) is 5.73 Å². The molecule has 0 radical (unpaired) electrons. The lowest BCUT2D eigenvalue weighted by Crippen LogP contribution is -2.46. The van der Waals surface area contributed by atoms with Crippen LogP contribution in [0.2, 0.25) is 0 Å². The summed E-state index contributed by atoms with van der Waals surface area (Å²) >= 11 is 0. The van der Waals surface area contributed by atoms with E-state index >= 15 is 0 Å². The van der Waals surface area contributed by atoms with Crippen molar-refractivity contribution >= 4 is 22.6 Å². The van der Waals surface area contributed by atoms with Crippen LogP contribution in [-0.2, 0) is 10.2 Å². The van der Waals surface area contributed by atoms with Gasteiger partial charge in [-0.05, 0) is 36.8 Å². The Bertz CT molecular complexity index is 618. The maximum absolute atomic E-state index is 12.9. The SMILES string of the molecule is CC1CCN(S(=O)(=O)N2C[C@@H](CN)[C@H](c3ccccc3)C2)CC1.Cl. The first-order valence-electron chi connectivity index (χ1n) is 8.52. The summed E-state index contributed by atoms with van der Waals surface area (Å²) in [7, 11) is -3.36. The van der Waals surface area contributed by atoms with Crippen LogP contribution in [0.25, 0.3) is 0 Å². The van der Waals surface area contributed by atoms with Gasteiger partial charge in [0.1, 0.15) is 0 Å². The molecule has 0 spiro atoms. The normalized spacial score (nSPS) is 27.1. The highest BCUT2D eigenvalue weighted by atomic mass is 35.5. The lowest BCUT2D eigenvalue weighted by molar-refractivity contribution is 0.269. The van der Waals surface area contributed by atoms with Crippen LogP contribution in [0, 0.1) is 11.8 Å². The van der Waals surface area contributed by atoms with Crippen molar-refractivity contribution in [3.8, 4) is 0 Å². The van der Waals surface area contributed by atoms with Gasteiger partial charge in [-0.3, -0.25) is 0 Å². The summed E-state index contributed by atoms with van der Waals surface area (Å²) in [5.41, 5.74) is 7.12. The zero-order valence-corrected chi connectivity index (χ0v) is 15.8. The molecule has 0 aromatic heterocycles. The van der Waals surface area contributed by atoms with Crippen LogP contribution >= 0.6 is 12.4 Å². The fourth-order valence-corrected chi connectivity index (χ4v) is 5.44. The number of hydrogen-bond acceptors (Lipinski definition) is 3. The summed E-state index contributed by atoms with van der Waals surface area (Å²) in [6.07, 6.45) is 1.91. The van der Waals surface area contributed by atoms with Gasteiger partial charge in [0.25, 0.3) is 10.2 Å². The number of hydrogen-bond donors (Lipinski definition) is 1. The molecule has 2 saturated heterocycles. The fraction of sp³-hybridized carbons (Fsp3) is 0.647. The highest BCUT2D eigenvalue weighted by Gasteiger charge is 2.41. The van der Waals surface area contributed by atoms with Crippen LogP contribution in [0.15, 0.2) is 30.3 Å². The first-order valence-corrected chi connectivity index (χ1v) is 9.92. The molecule has 2 N–H and O–H groups in total. The molecule has 0 bridgehead atoms. The van der Waals surface area contributed by atoms with Crippen LogP contribution in [0.4, 0.5) is 0 Å².